The summed E-state index contributed by atoms with van der Waals surface area (Å²) in [5.41, 5.74) is 8.27. The van der Waals surface area contributed by atoms with Crippen LogP contribution in [0.3, 0.4) is 0 Å². The lowest BCUT2D eigenvalue weighted by atomic mass is 9.95. The number of carbonyl (C=O) groups is 1. The largest absolute Gasteiger partial charge is 0.493 e. The van der Waals surface area contributed by atoms with Gasteiger partial charge in [-0.15, -0.1) is 12.4 Å². The second-order valence-electron chi connectivity index (χ2n) is 5.98. The first-order valence-corrected chi connectivity index (χ1v) is 8.36. The van der Waals surface area contributed by atoms with Gasteiger partial charge in [-0.05, 0) is 30.5 Å². The molecule has 2 unspecified atom stereocenters. The van der Waals surface area contributed by atoms with Gasteiger partial charge >= 0.3 is 0 Å². The maximum Gasteiger partial charge on any atom is 0.224 e. The molecule has 4 nitrogen and oxygen atoms in total. The molecule has 0 fully saturated rings. The third-order valence-corrected chi connectivity index (χ3v) is 4.11. The smallest absolute Gasteiger partial charge is 0.224 e. The first-order chi connectivity index (χ1) is 11.6. The van der Waals surface area contributed by atoms with Crippen LogP contribution in [0.25, 0.3) is 0 Å². The molecule has 3 N–H and O–H groups in total. The lowest BCUT2D eigenvalue weighted by molar-refractivity contribution is -0.125. The highest BCUT2D eigenvalue weighted by atomic mass is 35.5. The van der Waals surface area contributed by atoms with Gasteiger partial charge in [0.25, 0.3) is 0 Å². The first-order valence-electron chi connectivity index (χ1n) is 8.36. The molecule has 0 bridgehead atoms. The molecule has 0 radical (unpaired) electrons. The highest BCUT2D eigenvalue weighted by molar-refractivity contribution is 5.85. The van der Waals surface area contributed by atoms with Gasteiger partial charge in [0.1, 0.15) is 5.75 Å². The van der Waals surface area contributed by atoms with Crippen molar-refractivity contribution in [2.45, 2.75) is 26.3 Å². The number of nitrogens with one attached hydrogen (secondary N) is 1. The quantitative estimate of drug-likeness (QED) is 0.704. The molecule has 0 aliphatic carbocycles. The number of halogens is 1. The van der Waals surface area contributed by atoms with Gasteiger partial charge in [0.2, 0.25) is 5.91 Å². The predicted molar refractivity (Wildman–Crippen MR) is 104 cm³/mol. The third kappa shape index (κ3) is 6.40. The second kappa shape index (κ2) is 10.7. The number of rotatable bonds is 8. The third-order valence-electron chi connectivity index (χ3n) is 4.11. The highest BCUT2D eigenvalue weighted by Gasteiger charge is 2.21. The molecule has 25 heavy (non-hydrogen) atoms. The Morgan fingerprint density at radius 2 is 1.76 bits per heavy atom. The maximum absolute atomic E-state index is 12.2. The molecule has 1 amide bonds. The Kier molecular flexibility index (Phi) is 9.03. The summed E-state index contributed by atoms with van der Waals surface area (Å²) >= 11 is 0. The number of nitrogens with two attached hydrogens (primary N) is 1. The standard InChI is InChI=1S/C20H26N2O2.ClH/c1-15-9-6-7-12-18(15)24-14-8-13-22-20(23)16(2)19(21)17-10-4-3-5-11-17;/h3-7,9-12,16,19H,8,13-14,21H2,1-2H3,(H,22,23);1H. The van der Waals surface area contributed by atoms with Crippen molar-refractivity contribution in [3.63, 3.8) is 0 Å². The zero-order chi connectivity index (χ0) is 17.4. The van der Waals surface area contributed by atoms with E-state index < -0.39 is 0 Å². The molecule has 5 heteroatoms. The Morgan fingerprint density at radius 3 is 2.44 bits per heavy atom. The number of benzene rings is 2. The van der Waals surface area contributed by atoms with E-state index in [1.165, 1.54) is 0 Å². The average Bonchev–Trinajstić information content (AvgIpc) is 2.62. The molecule has 2 atom stereocenters. The van der Waals surface area contributed by atoms with E-state index in [0.717, 1.165) is 23.3 Å². The minimum absolute atomic E-state index is 0. The van der Waals surface area contributed by atoms with E-state index in [0.29, 0.717) is 13.2 Å². The van der Waals surface area contributed by atoms with Crippen molar-refractivity contribution in [2.75, 3.05) is 13.2 Å². The van der Waals surface area contributed by atoms with Crippen LogP contribution in [-0.4, -0.2) is 19.1 Å². The fourth-order valence-corrected chi connectivity index (χ4v) is 2.47. The van der Waals surface area contributed by atoms with Crippen LogP contribution >= 0.6 is 12.4 Å². The van der Waals surface area contributed by atoms with Crippen LogP contribution in [-0.2, 0) is 4.79 Å². The van der Waals surface area contributed by atoms with E-state index in [9.17, 15) is 4.79 Å². The number of aryl methyl sites for hydroxylation is 1. The summed E-state index contributed by atoms with van der Waals surface area (Å²) in [7, 11) is 0. The van der Waals surface area contributed by atoms with E-state index >= 15 is 0 Å². The number of ether oxygens (including phenoxy) is 1. The van der Waals surface area contributed by atoms with Gasteiger partial charge < -0.3 is 15.8 Å². The lowest BCUT2D eigenvalue weighted by Gasteiger charge is -2.19. The fourth-order valence-electron chi connectivity index (χ4n) is 2.47. The van der Waals surface area contributed by atoms with Crippen LogP contribution in [0.4, 0.5) is 0 Å². The van der Waals surface area contributed by atoms with Crippen LogP contribution in [0.2, 0.25) is 0 Å². The molecule has 2 aromatic carbocycles. The van der Waals surface area contributed by atoms with E-state index in [4.69, 9.17) is 10.5 Å². The Bertz CT molecular complexity index is 649. The predicted octanol–water partition coefficient (Wildman–Crippen LogP) is 3.64. The SMILES string of the molecule is Cc1ccccc1OCCCNC(=O)C(C)C(N)c1ccccc1.Cl. The number of hydrogen-bond acceptors (Lipinski definition) is 3. The summed E-state index contributed by atoms with van der Waals surface area (Å²) < 4.78 is 5.72. The molecule has 0 saturated carbocycles. The summed E-state index contributed by atoms with van der Waals surface area (Å²) in [6, 6.07) is 17.3. The Hall–Kier alpha value is -2.04. The maximum atomic E-state index is 12.2. The van der Waals surface area contributed by atoms with E-state index in [1.54, 1.807) is 0 Å². The summed E-state index contributed by atoms with van der Waals surface area (Å²) in [6.45, 7) is 5.03. The molecule has 2 rings (SSSR count). The van der Waals surface area contributed by atoms with Gasteiger partial charge in [0.05, 0.1) is 12.5 Å². The van der Waals surface area contributed by atoms with E-state index in [-0.39, 0.29) is 30.3 Å². The summed E-state index contributed by atoms with van der Waals surface area (Å²) in [5, 5.41) is 2.94. The van der Waals surface area contributed by atoms with Crippen molar-refractivity contribution in [3.8, 4) is 5.75 Å². The van der Waals surface area contributed by atoms with Gasteiger partial charge in [-0.3, -0.25) is 4.79 Å². The average molecular weight is 363 g/mol. The molecule has 0 saturated heterocycles. The summed E-state index contributed by atoms with van der Waals surface area (Å²) in [5.74, 6) is 0.593. The topological polar surface area (TPSA) is 64.3 Å². The van der Waals surface area contributed by atoms with Crippen molar-refractivity contribution < 1.29 is 9.53 Å². The molecule has 0 heterocycles. The molecular formula is C20H27ClN2O2. The normalized spacial score (nSPS) is 12.6. The highest BCUT2D eigenvalue weighted by Crippen LogP contribution is 2.19. The number of amides is 1. The van der Waals surface area contributed by atoms with Gasteiger partial charge in [0.15, 0.2) is 0 Å². The molecule has 0 aliphatic heterocycles. The van der Waals surface area contributed by atoms with Gasteiger partial charge in [0, 0.05) is 12.6 Å². The number of carbonyl (C=O) groups excluding carboxylic acids is 1. The van der Waals surface area contributed by atoms with Crippen LogP contribution < -0.4 is 15.8 Å². The monoisotopic (exact) mass is 362 g/mol. The van der Waals surface area contributed by atoms with E-state index in [2.05, 4.69) is 5.32 Å². The zero-order valence-corrected chi connectivity index (χ0v) is 15.6. The van der Waals surface area contributed by atoms with Crippen molar-refractivity contribution in [2.24, 2.45) is 11.7 Å². The molecule has 0 spiro atoms. The van der Waals surface area contributed by atoms with Crippen molar-refractivity contribution in [1.82, 2.24) is 5.32 Å². The summed E-state index contributed by atoms with van der Waals surface area (Å²) in [4.78, 5) is 12.2. The lowest BCUT2D eigenvalue weighted by Crippen LogP contribution is -2.36. The van der Waals surface area contributed by atoms with Crippen molar-refractivity contribution in [1.29, 1.82) is 0 Å². The Morgan fingerprint density at radius 1 is 1.12 bits per heavy atom. The molecular weight excluding hydrogens is 336 g/mol. The van der Waals surface area contributed by atoms with E-state index in [1.807, 2.05) is 68.4 Å². The van der Waals surface area contributed by atoms with Gasteiger partial charge in [-0.25, -0.2) is 0 Å². The zero-order valence-electron chi connectivity index (χ0n) is 14.8. The van der Waals surface area contributed by atoms with Crippen LogP contribution in [0.15, 0.2) is 54.6 Å². The van der Waals surface area contributed by atoms with Gasteiger partial charge in [-0.1, -0.05) is 55.5 Å². The molecule has 0 aliphatic rings. The summed E-state index contributed by atoms with van der Waals surface area (Å²) in [6.07, 6.45) is 0.757. The van der Waals surface area contributed by atoms with Gasteiger partial charge in [-0.2, -0.15) is 0 Å². The molecule has 136 valence electrons. The number of hydrogen-bond donors (Lipinski definition) is 2. The molecule has 0 aromatic heterocycles. The fraction of sp³-hybridized carbons (Fsp3) is 0.350. The second-order valence-corrected chi connectivity index (χ2v) is 5.98. The Labute approximate surface area is 156 Å². The minimum Gasteiger partial charge on any atom is -0.493 e. The first kappa shape index (κ1) is 21.0. The minimum atomic E-state index is -0.297. The number of para-hydroxylation sites is 1. The van der Waals surface area contributed by atoms with Crippen LogP contribution in [0.5, 0.6) is 5.75 Å². The van der Waals surface area contributed by atoms with Crippen LogP contribution in [0, 0.1) is 12.8 Å². The Balaban J connectivity index is 0.00000312. The van der Waals surface area contributed by atoms with Crippen molar-refractivity contribution in [3.05, 3.63) is 65.7 Å². The van der Waals surface area contributed by atoms with Crippen LogP contribution in [0.1, 0.15) is 30.5 Å². The van der Waals surface area contributed by atoms with Crippen molar-refractivity contribution >= 4 is 18.3 Å². The molecule has 2 aromatic rings.